The topological polar surface area (TPSA) is 114 Å². The molecule has 1 aromatic heterocycles. The van der Waals surface area contributed by atoms with Crippen LogP contribution in [0.1, 0.15) is 20.0 Å². The molecule has 4 rings (SSSR count). The summed E-state index contributed by atoms with van der Waals surface area (Å²) in [6, 6.07) is 14.7. The quantitative estimate of drug-likeness (QED) is 0.432. The van der Waals surface area contributed by atoms with Gasteiger partial charge in [0, 0.05) is 36.1 Å². The highest BCUT2D eigenvalue weighted by atomic mass is 32.1. The Hall–Kier alpha value is -3.76. The summed E-state index contributed by atoms with van der Waals surface area (Å²) >= 11 is 1.33. The number of thiophene rings is 1. The van der Waals surface area contributed by atoms with Crippen LogP contribution in [-0.4, -0.2) is 43.0 Å². The van der Waals surface area contributed by atoms with Gasteiger partial charge in [-0.1, -0.05) is 12.1 Å². The van der Waals surface area contributed by atoms with Crippen molar-refractivity contribution in [3.8, 4) is 0 Å². The van der Waals surface area contributed by atoms with Gasteiger partial charge >= 0.3 is 0 Å². The van der Waals surface area contributed by atoms with Crippen LogP contribution >= 0.6 is 11.3 Å². The molecule has 0 unspecified atom stereocenters. The molecule has 1 aliphatic heterocycles. The molecule has 0 bridgehead atoms. The molecular formula is C22H20N4O5S. The number of carbonyl (C=O) groups is 2. The van der Waals surface area contributed by atoms with Crippen LogP contribution in [0, 0.1) is 10.1 Å². The molecule has 0 spiro atoms. The van der Waals surface area contributed by atoms with E-state index in [-0.39, 0.29) is 17.2 Å². The number of ether oxygens (including phenoxy) is 1. The van der Waals surface area contributed by atoms with Crippen LogP contribution < -0.4 is 15.5 Å². The first-order chi connectivity index (χ1) is 15.5. The molecule has 32 heavy (non-hydrogen) atoms. The Kier molecular flexibility index (Phi) is 6.43. The minimum absolute atomic E-state index is 0.128. The van der Waals surface area contributed by atoms with Crippen LogP contribution in [0.3, 0.4) is 0 Å². The molecular weight excluding hydrogens is 432 g/mol. The fourth-order valence-electron chi connectivity index (χ4n) is 3.36. The lowest BCUT2D eigenvalue weighted by Crippen LogP contribution is -2.36. The lowest BCUT2D eigenvalue weighted by atomic mass is 10.1. The van der Waals surface area contributed by atoms with E-state index < -0.39 is 10.8 Å². The van der Waals surface area contributed by atoms with Gasteiger partial charge in [0.25, 0.3) is 17.5 Å². The lowest BCUT2D eigenvalue weighted by molar-refractivity contribution is -0.384. The van der Waals surface area contributed by atoms with Gasteiger partial charge in [0.15, 0.2) is 0 Å². The molecule has 1 saturated heterocycles. The zero-order valence-corrected chi connectivity index (χ0v) is 17.8. The summed E-state index contributed by atoms with van der Waals surface area (Å²) in [6.45, 7) is 2.10. The van der Waals surface area contributed by atoms with E-state index in [0.717, 1.165) is 0 Å². The summed E-state index contributed by atoms with van der Waals surface area (Å²) in [5.41, 5.74) is 1.49. The summed E-state index contributed by atoms with van der Waals surface area (Å²) in [4.78, 5) is 38.6. The van der Waals surface area contributed by atoms with Gasteiger partial charge in [-0.3, -0.25) is 19.7 Å². The molecule has 1 fully saturated rings. The Morgan fingerprint density at radius 1 is 0.969 bits per heavy atom. The molecule has 0 atom stereocenters. The Balaban J connectivity index is 1.49. The summed E-state index contributed by atoms with van der Waals surface area (Å²) in [5, 5.41) is 18.9. The Bertz CT molecular complexity index is 1140. The molecule has 0 radical (unpaired) electrons. The number of nitrogens with one attached hydrogen (secondary N) is 2. The van der Waals surface area contributed by atoms with E-state index in [9.17, 15) is 19.7 Å². The number of hydrogen-bond acceptors (Lipinski definition) is 7. The molecule has 2 N–H and O–H groups in total. The van der Waals surface area contributed by atoms with E-state index in [1.54, 1.807) is 48.5 Å². The minimum Gasteiger partial charge on any atom is -0.378 e. The second-order valence-corrected chi connectivity index (χ2v) is 7.97. The van der Waals surface area contributed by atoms with Crippen LogP contribution in [-0.2, 0) is 4.74 Å². The van der Waals surface area contributed by atoms with Crippen LogP contribution in [0.2, 0.25) is 0 Å². The second-order valence-electron chi connectivity index (χ2n) is 7.03. The van der Waals surface area contributed by atoms with Gasteiger partial charge in [0.05, 0.1) is 23.0 Å². The third kappa shape index (κ3) is 4.93. The van der Waals surface area contributed by atoms with Gasteiger partial charge in [0.2, 0.25) is 0 Å². The normalized spacial score (nSPS) is 13.4. The largest absolute Gasteiger partial charge is 0.378 e. The van der Waals surface area contributed by atoms with Crippen molar-refractivity contribution in [2.75, 3.05) is 41.8 Å². The fraction of sp³-hybridized carbons (Fsp3) is 0.182. The number of hydrogen-bond donors (Lipinski definition) is 2. The Morgan fingerprint density at radius 2 is 1.69 bits per heavy atom. The molecule has 0 saturated carbocycles. The van der Waals surface area contributed by atoms with E-state index >= 15 is 0 Å². The van der Waals surface area contributed by atoms with Crippen LogP contribution in [0.25, 0.3) is 0 Å². The average molecular weight is 452 g/mol. The van der Waals surface area contributed by atoms with Crippen molar-refractivity contribution in [2.45, 2.75) is 0 Å². The van der Waals surface area contributed by atoms with Crippen molar-refractivity contribution in [1.82, 2.24) is 0 Å². The summed E-state index contributed by atoms with van der Waals surface area (Å²) < 4.78 is 5.30. The molecule has 10 heteroatoms. The number of amides is 2. The lowest BCUT2D eigenvalue weighted by Gasteiger charge is -2.28. The molecule has 2 aromatic carbocycles. The first-order valence-corrected chi connectivity index (χ1v) is 10.8. The number of benzene rings is 2. The zero-order chi connectivity index (χ0) is 22.5. The molecule has 164 valence electrons. The zero-order valence-electron chi connectivity index (χ0n) is 16.9. The van der Waals surface area contributed by atoms with E-state index in [1.807, 2.05) is 10.3 Å². The molecule has 1 aliphatic rings. The van der Waals surface area contributed by atoms with Gasteiger partial charge in [-0.05, 0) is 41.8 Å². The molecule has 0 aliphatic carbocycles. The number of nitro benzene ring substituents is 1. The number of anilines is 3. The molecule has 2 heterocycles. The number of morpholine rings is 1. The minimum atomic E-state index is -0.484. The third-order valence-electron chi connectivity index (χ3n) is 4.91. The SMILES string of the molecule is O=C(Nc1cccc(NC(=O)c2cccs2)c1)c1ccc(N2CCOCC2)c([N+](=O)[O-])c1. The van der Waals surface area contributed by atoms with Crippen LogP contribution in [0.15, 0.2) is 60.0 Å². The predicted octanol–water partition coefficient (Wildman–Crippen LogP) is 4.00. The third-order valence-corrected chi connectivity index (χ3v) is 5.78. The standard InChI is InChI=1S/C22H20N4O5S/c27-21(15-6-7-18(19(13-15)26(29)30)25-8-10-31-11-9-25)23-16-3-1-4-17(14-16)24-22(28)20-5-2-12-32-20/h1-7,12-14H,8-11H2,(H,23,27)(H,24,28). The van der Waals surface area contributed by atoms with Gasteiger partial charge in [-0.25, -0.2) is 0 Å². The summed E-state index contributed by atoms with van der Waals surface area (Å²) in [5.74, 6) is -0.721. The van der Waals surface area contributed by atoms with E-state index in [2.05, 4.69) is 10.6 Å². The van der Waals surface area contributed by atoms with Crippen molar-refractivity contribution in [1.29, 1.82) is 0 Å². The van der Waals surface area contributed by atoms with Crippen molar-refractivity contribution in [3.05, 3.63) is 80.5 Å². The predicted molar refractivity (Wildman–Crippen MR) is 123 cm³/mol. The van der Waals surface area contributed by atoms with Gasteiger partial charge in [0.1, 0.15) is 5.69 Å². The first kappa shape index (κ1) is 21.5. The van der Waals surface area contributed by atoms with E-state index in [4.69, 9.17) is 4.74 Å². The second kappa shape index (κ2) is 9.58. The maximum Gasteiger partial charge on any atom is 0.293 e. The van der Waals surface area contributed by atoms with Crippen LogP contribution in [0.5, 0.6) is 0 Å². The fourth-order valence-corrected chi connectivity index (χ4v) is 3.98. The summed E-state index contributed by atoms with van der Waals surface area (Å²) in [7, 11) is 0. The highest BCUT2D eigenvalue weighted by Gasteiger charge is 2.23. The highest BCUT2D eigenvalue weighted by molar-refractivity contribution is 7.12. The smallest absolute Gasteiger partial charge is 0.293 e. The van der Waals surface area contributed by atoms with E-state index in [1.165, 1.54) is 17.4 Å². The maximum absolute atomic E-state index is 12.7. The molecule has 3 aromatic rings. The maximum atomic E-state index is 12.7. The van der Waals surface area contributed by atoms with Crippen molar-refractivity contribution < 1.29 is 19.2 Å². The Morgan fingerprint density at radius 3 is 2.34 bits per heavy atom. The molecule has 9 nitrogen and oxygen atoms in total. The number of carbonyl (C=O) groups excluding carboxylic acids is 2. The van der Waals surface area contributed by atoms with Gasteiger partial charge in [-0.2, -0.15) is 0 Å². The Labute approximate surface area is 187 Å². The highest BCUT2D eigenvalue weighted by Crippen LogP contribution is 2.30. The number of nitro groups is 1. The van der Waals surface area contributed by atoms with Crippen LogP contribution in [0.4, 0.5) is 22.7 Å². The number of nitrogens with zero attached hydrogens (tertiary/aromatic N) is 2. The average Bonchev–Trinajstić information content (AvgIpc) is 3.35. The summed E-state index contributed by atoms with van der Waals surface area (Å²) in [6.07, 6.45) is 0. The van der Waals surface area contributed by atoms with Gasteiger partial charge in [-0.15, -0.1) is 11.3 Å². The molecule has 2 amide bonds. The van der Waals surface area contributed by atoms with Crippen molar-refractivity contribution in [2.24, 2.45) is 0 Å². The van der Waals surface area contributed by atoms with Gasteiger partial charge < -0.3 is 20.3 Å². The number of rotatable bonds is 6. The van der Waals surface area contributed by atoms with Crippen molar-refractivity contribution in [3.63, 3.8) is 0 Å². The van der Waals surface area contributed by atoms with Crippen molar-refractivity contribution >= 4 is 45.9 Å². The first-order valence-electron chi connectivity index (χ1n) is 9.88. The van der Waals surface area contributed by atoms with E-state index in [0.29, 0.717) is 48.2 Å². The monoisotopic (exact) mass is 452 g/mol.